The van der Waals surface area contributed by atoms with E-state index in [1.807, 2.05) is 0 Å². The Morgan fingerprint density at radius 2 is 2.10 bits per heavy atom. The Morgan fingerprint density at radius 3 is 2.68 bits per heavy atom. The topological polar surface area (TPSA) is 89.7 Å². The summed E-state index contributed by atoms with van der Waals surface area (Å²) in [6, 6.07) is 3.29. The van der Waals surface area contributed by atoms with E-state index in [-0.39, 0.29) is 28.7 Å². The molecule has 1 saturated heterocycles. The number of piperidine rings is 1. The van der Waals surface area contributed by atoms with Gasteiger partial charge in [-0.2, -0.15) is 13.2 Å². The molecular formula is C20H21F3N2O5S. The number of nitrogens with zero attached hydrogens (tertiary/aromatic N) is 2. The van der Waals surface area contributed by atoms with Gasteiger partial charge in [-0.1, -0.05) is 0 Å². The maximum Gasteiger partial charge on any atom is 0.425 e. The first-order chi connectivity index (χ1) is 14.3. The monoisotopic (exact) mass is 458 g/mol. The van der Waals surface area contributed by atoms with Crippen molar-refractivity contribution in [3.8, 4) is 5.75 Å². The number of likely N-dealkylation sites (tertiary alicyclic amines) is 1. The molecule has 7 nitrogen and oxygen atoms in total. The van der Waals surface area contributed by atoms with Crippen LogP contribution in [0.3, 0.4) is 0 Å². The summed E-state index contributed by atoms with van der Waals surface area (Å²) in [5.41, 5.74) is 0.0927. The van der Waals surface area contributed by atoms with Crippen LogP contribution < -0.4 is 4.74 Å². The van der Waals surface area contributed by atoms with E-state index in [9.17, 15) is 26.4 Å². The molecule has 1 aromatic carbocycles. The van der Waals surface area contributed by atoms with Crippen molar-refractivity contribution in [2.75, 3.05) is 19.3 Å². The molecule has 1 amide bonds. The van der Waals surface area contributed by atoms with Gasteiger partial charge in [-0.3, -0.25) is 4.79 Å². The Kier molecular flexibility index (Phi) is 4.87. The second kappa shape index (κ2) is 6.98. The third kappa shape index (κ3) is 3.90. The van der Waals surface area contributed by atoms with Crippen LogP contribution in [0, 0.1) is 12.8 Å². The molecule has 0 bridgehead atoms. The van der Waals surface area contributed by atoms with E-state index in [2.05, 4.69) is 4.98 Å². The van der Waals surface area contributed by atoms with Gasteiger partial charge in [-0.25, -0.2) is 13.4 Å². The Balaban J connectivity index is 1.65. The van der Waals surface area contributed by atoms with Crippen LogP contribution in [0.5, 0.6) is 5.75 Å². The molecule has 1 aromatic heterocycles. The molecule has 4 rings (SSSR count). The van der Waals surface area contributed by atoms with Gasteiger partial charge in [-0.15, -0.1) is 0 Å². The number of alkyl halides is 3. The van der Waals surface area contributed by atoms with Gasteiger partial charge in [0.05, 0.1) is 21.6 Å². The lowest BCUT2D eigenvalue weighted by Gasteiger charge is -2.24. The molecule has 1 aliphatic heterocycles. The van der Waals surface area contributed by atoms with Crippen LogP contribution in [0.15, 0.2) is 33.8 Å². The predicted octanol–water partition coefficient (Wildman–Crippen LogP) is 3.13. The van der Waals surface area contributed by atoms with E-state index < -0.39 is 33.4 Å². The fourth-order valence-electron chi connectivity index (χ4n) is 3.99. The number of oxazole rings is 1. The number of hydrogen-bond acceptors (Lipinski definition) is 6. The quantitative estimate of drug-likeness (QED) is 0.684. The minimum Gasteiger partial charge on any atom is -0.480 e. The fraction of sp³-hybridized carbons (Fsp3) is 0.500. The average molecular weight is 458 g/mol. The summed E-state index contributed by atoms with van der Waals surface area (Å²) in [4.78, 5) is 18.9. The Labute approximate surface area is 177 Å². The number of ether oxygens (including phenoxy) is 1. The van der Waals surface area contributed by atoms with Crippen molar-refractivity contribution >= 4 is 15.7 Å². The molecule has 3 atom stereocenters. The van der Waals surface area contributed by atoms with Gasteiger partial charge in [0.1, 0.15) is 12.0 Å². The van der Waals surface area contributed by atoms with Gasteiger partial charge in [-0.05, 0) is 44.4 Å². The molecule has 2 heterocycles. The molecule has 31 heavy (non-hydrogen) atoms. The highest BCUT2D eigenvalue weighted by molar-refractivity contribution is 7.90. The molecule has 11 heteroatoms. The Hall–Kier alpha value is -2.56. The van der Waals surface area contributed by atoms with Crippen molar-refractivity contribution in [3.63, 3.8) is 0 Å². The van der Waals surface area contributed by atoms with Crippen molar-refractivity contribution in [2.24, 2.45) is 5.92 Å². The lowest BCUT2D eigenvalue weighted by molar-refractivity contribution is -0.189. The number of hydrogen-bond donors (Lipinski definition) is 0. The first-order valence-corrected chi connectivity index (χ1v) is 11.5. The second-order valence-electron chi connectivity index (χ2n) is 8.27. The number of amides is 1. The average Bonchev–Trinajstić information content (AvgIpc) is 2.99. The van der Waals surface area contributed by atoms with Gasteiger partial charge in [0.15, 0.2) is 15.9 Å². The summed E-state index contributed by atoms with van der Waals surface area (Å²) in [5, 5.41) is 0. The maximum absolute atomic E-state index is 13.2. The van der Waals surface area contributed by atoms with Gasteiger partial charge < -0.3 is 14.1 Å². The van der Waals surface area contributed by atoms with Crippen molar-refractivity contribution in [2.45, 2.75) is 42.9 Å². The zero-order valence-electron chi connectivity index (χ0n) is 17.1. The fourth-order valence-corrected chi connectivity index (χ4v) is 4.64. The molecule has 0 spiro atoms. The first kappa shape index (κ1) is 21.7. The predicted molar refractivity (Wildman–Crippen MR) is 103 cm³/mol. The molecule has 2 aliphatic rings. The van der Waals surface area contributed by atoms with Crippen LogP contribution in [-0.2, 0) is 15.3 Å². The number of fused-ring (bicyclic) bond motifs is 1. The summed E-state index contributed by atoms with van der Waals surface area (Å²) in [6.45, 7) is 3.27. The number of carbonyl (C=O) groups is 1. The summed E-state index contributed by atoms with van der Waals surface area (Å²) < 4.78 is 73.4. The van der Waals surface area contributed by atoms with Gasteiger partial charge in [0.2, 0.25) is 5.89 Å². The van der Waals surface area contributed by atoms with Crippen LogP contribution in [0.4, 0.5) is 13.2 Å². The lowest BCUT2D eigenvalue weighted by Crippen LogP contribution is -2.35. The zero-order chi connectivity index (χ0) is 22.8. The summed E-state index contributed by atoms with van der Waals surface area (Å²) in [7, 11) is -3.68. The van der Waals surface area contributed by atoms with Crippen molar-refractivity contribution in [3.05, 3.63) is 41.6 Å². The third-order valence-electron chi connectivity index (χ3n) is 5.85. The minimum absolute atomic E-state index is 0.131. The van der Waals surface area contributed by atoms with E-state index >= 15 is 0 Å². The van der Waals surface area contributed by atoms with Crippen LogP contribution in [0.1, 0.15) is 35.3 Å². The van der Waals surface area contributed by atoms with Gasteiger partial charge in [0.25, 0.3) is 5.91 Å². The second-order valence-corrected chi connectivity index (χ2v) is 10.3. The SMILES string of the molecule is Cc1coc(C23CC2CN(C(=O)c2cc(S(C)(=O)=O)ccc2O[C@@H](C)C(F)(F)F)C3)n1. The molecule has 2 fully saturated rings. The zero-order valence-corrected chi connectivity index (χ0v) is 17.9. The van der Waals surface area contributed by atoms with Crippen molar-refractivity contribution < 1.29 is 35.5 Å². The van der Waals surface area contributed by atoms with Crippen LogP contribution in [0.25, 0.3) is 0 Å². The highest BCUT2D eigenvalue weighted by atomic mass is 32.2. The van der Waals surface area contributed by atoms with Crippen LogP contribution in [-0.4, -0.2) is 55.8 Å². The van der Waals surface area contributed by atoms with Gasteiger partial charge >= 0.3 is 6.18 Å². The highest BCUT2D eigenvalue weighted by Crippen LogP contribution is 2.58. The lowest BCUT2D eigenvalue weighted by atomic mass is 10.1. The summed E-state index contributed by atoms with van der Waals surface area (Å²) in [6.07, 6.45) is -3.52. The van der Waals surface area contributed by atoms with Crippen LogP contribution in [0.2, 0.25) is 0 Å². The molecular weight excluding hydrogens is 437 g/mol. The van der Waals surface area contributed by atoms with Crippen molar-refractivity contribution in [1.29, 1.82) is 0 Å². The summed E-state index contributed by atoms with van der Waals surface area (Å²) in [5.74, 6) is -0.239. The van der Waals surface area contributed by atoms with E-state index in [0.29, 0.717) is 12.4 Å². The van der Waals surface area contributed by atoms with E-state index in [0.717, 1.165) is 43.5 Å². The number of sulfone groups is 1. The molecule has 2 unspecified atom stereocenters. The molecule has 0 radical (unpaired) electrons. The standard InChI is InChI=1S/C20H21F3N2O5S/c1-11-9-29-18(24-11)19-7-13(19)8-25(10-19)17(26)15-6-14(31(3,27)28)4-5-16(15)30-12(2)20(21,22)23/h4-6,9,12-13H,7-8,10H2,1-3H3/t12-,13?,19?/m0/s1. The number of carbonyl (C=O) groups excluding carboxylic acids is 1. The molecule has 2 aromatic rings. The molecule has 0 N–H and O–H groups in total. The molecule has 1 saturated carbocycles. The number of aromatic nitrogens is 1. The normalized spacial score (nSPS) is 24.1. The Morgan fingerprint density at radius 1 is 1.39 bits per heavy atom. The minimum atomic E-state index is -4.64. The number of benzene rings is 1. The highest BCUT2D eigenvalue weighted by Gasteiger charge is 2.65. The maximum atomic E-state index is 13.2. The molecule has 168 valence electrons. The first-order valence-electron chi connectivity index (χ1n) is 9.60. The van der Waals surface area contributed by atoms with Gasteiger partial charge in [0, 0.05) is 19.3 Å². The largest absolute Gasteiger partial charge is 0.480 e. The smallest absolute Gasteiger partial charge is 0.425 e. The number of halogens is 3. The van der Waals surface area contributed by atoms with E-state index in [1.54, 1.807) is 6.92 Å². The van der Waals surface area contributed by atoms with Crippen LogP contribution >= 0.6 is 0 Å². The van der Waals surface area contributed by atoms with E-state index in [4.69, 9.17) is 9.15 Å². The third-order valence-corrected chi connectivity index (χ3v) is 6.96. The van der Waals surface area contributed by atoms with Crippen molar-refractivity contribution in [1.82, 2.24) is 9.88 Å². The van der Waals surface area contributed by atoms with E-state index in [1.165, 1.54) is 11.2 Å². The number of rotatable bonds is 5. The summed E-state index contributed by atoms with van der Waals surface area (Å²) >= 11 is 0. The Bertz CT molecular complexity index is 1140. The number of aryl methyl sites for hydroxylation is 1. The molecule has 1 aliphatic carbocycles.